The van der Waals surface area contributed by atoms with Crippen molar-refractivity contribution < 1.29 is 14.7 Å². The molecule has 108 valence electrons. The fourth-order valence-electron chi connectivity index (χ4n) is 2.75. The summed E-state index contributed by atoms with van der Waals surface area (Å²) >= 11 is 0. The van der Waals surface area contributed by atoms with Crippen LogP contribution in [-0.4, -0.2) is 41.1 Å². The molecular weight excluding hydrogens is 244 g/mol. The first-order chi connectivity index (χ1) is 9.06. The number of aliphatic carboxylic acids is 1. The van der Waals surface area contributed by atoms with Crippen LogP contribution >= 0.6 is 0 Å². The Balaban J connectivity index is 1.67. The van der Waals surface area contributed by atoms with Gasteiger partial charge in [0.2, 0.25) is 0 Å². The Morgan fingerprint density at radius 3 is 2.42 bits per heavy atom. The van der Waals surface area contributed by atoms with Crippen LogP contribution in [0.1, 0.15) is 45.4 Å². The number of carboxylic acid groups (broad SMARTS) is 1. The van der Waals surface area contributed by atoms with E-state index >= 15 is 0 Å². The number of likely N-dealkylation sites (tertiary alicyclic amines) is 1. The van der Waals surface area contributed by atoms with Crippen LogP contribution in [0.15, 0.2) is 0 Å². The van der Waals surface area contributed by atoms with Gasteiger partial charge in [-0.15, -0.1) is 0 Å². The maximum absolute atomic E-state index is 12.0. The first kappa shape index (κ1) is 14.2. The standard InChI is InChI=1S/C14H24N2O3/c1-10(12-3-4-12)15-14(19)16-8-6-11(7-9-16)2-5-13(17)18/h10-12H,2-9H2,1H3,(H,15,19)(H,17,18). The van der Waals surface area contributed by atoms with Gasteiger partial charge in [0.1, 0.15) is 0 Å². The number of carbonyl (C=O) groups excluding carboxylic acids is 1. The number of amides is 2. The normalized spacial score (nSPS) is 22.1. The molecule has 0 radical (unpaired) electrons. The summed E-state index contributed by atoms with van der Waals surface area (Å²) in [5, 5.41) is 11.7. The molecule has 1 aliphatic carbocycles. The number of rotatable bonds is 5. The maximum atomic E-state index is 12.0. The molecule has 0 spiro atoms. The van der Waals surface area contributed by atoms with E-state index in [0.717, 1.165) is 32.4 Å². The Morgan fingerprint density at radius 1 is 1.26 bits per heavy atom. The molecule has 1 saturated carbocycles. The van der Waals surface area contributed by atoms with Crippen molar-refractivity contribution in [2.75, 3.05) is 13.1 Å². The average molecular weight is 268 g/mol. The smallest absolute Gasteiger partial charge is 0.317 e. The Morgan fingerprint density at radius 2 is 1.89 bits per heavy atom. The Bertz CT molecular complexity index is 334. The van der Waals surface area contributed by atoms with Gasteiger partial charge in [0.05, 0.1) is 0 Å². The van der Waals surface area contributed by atoms with Crippen LogP contribution in [0.3, 0.4) is 0 Å². The van der Waals surface area contributed by atoms with E-state index in [1.54, 1.807) is 0 Å². The van der Waals surface area contributed by atoms with Crippen molar-refractivity contribution >= 4 is 12.0 Å². The highest BCUT2D eigenvalue weighted by Gasteiger charge is 2.30. The van der Waals surface area contributed by atoms with Gasteiger partial charge in [0.25, 0.3) is 0 Å². The van der Waals surface area contributed by atoms with Crippen molar-refractivity contribution in [3.05, 3.63) is 0 Å². The highest BCUT2D eigenvalue weighted by atomic mass is 16.4. The Kier molecular flexibility index (Phi) is 4.66. The molecule has 1 atom stereocenters. The highest BCUT2D eigenvalue weighted by Crippen LogP contribution is 2.32. The fourth-order valence-corrected chi connectivity index (χ4v) is 2.75. The van der Waals surface area contributed by atoms with E-state index < -0.39 is 5.97 Å². The second kappa shape index (κ2) is 6.26. The average Bonchev–Trinajstić information content (AvgIpc) is 3.21. The van der Waals surface area contributed by atoms with E-state index in [2.05, 4.69) is 12.2 Å². The molecule has 2 rings (SSSR count). The molecule has 2 N–H and O–H groups in total. The summed E-state index contributed by atoms with van der Waals surface area (Å²) in [4.78, 5) is 24.4. The zero-order chi connectivity index (χ0) is 13.8. The van der Waals surface area contributed by atoms with Gasteiger partial charge < -0.3 is 15.3 Å². The number of hydrogen-bond donors (Lipinski definition) is 2. The van der Waals surface area contributed by atoms with Crippen LogP contribution in [0.5, 0.6) is 0 Å². The van der Waals surface area contributed by atoms with Crippen LogP contribution in [0.25, 0.3) is 0 Å². The van der Waals surface area contributed by atoms with E-state index in [0.29, 0.717) is 11.8 Å². The first-order valence-corrected chi connectivity index (χ1v) is 7.33. The summed E-state index contributed by atoms with van der Waals surface area (Å²) in [6, 6.07) is 0.341. The number of carbonyl (C=O) groups is 2. The number of urea groups is 1. The maximum Gasteiger partial charge on any atom is 0.317 e. The lowest BCUT2D eigenvalue weighted by molar-refractivity contribution is -0.137. The monoisotopic (exact) mass is 268 g/mol. The van der Waals surface area contributed by atoms with Crippen molar-refractivity contribution in [3.63, 3.8) is 0 Å². The molecule has 0 aromatic rings. The van der Waals surface area contributed by atoms with Crippen LogP contribution < -0.4 is 5.32 Å². The third kappa shape index (κ3) is 4.40. The van der Waals surface area contributed by atoms with Gasteiger partial charge in [-0.25, -0.2) is 4.79 Å². The zero-order valence-electron chi connectivity index (χ0n) is 11.6. The van der Waals surface area contributed by atoms with Crippen molar-refractivity contribution in [1.82, 2.24) is 10.2 Å². The minimum Gasteiger partial charge on any atom is -0.481 e. The molecule has 1 aliphatic heterocycles. The lowest BCUT2D eigenvalue weighted by Gasteiger charge is -2.32. The molecule has 0 aromatic heterocycles. The van der Waals surface area contributed by atoms with Gasteiger partial charge >= 0.3 is 12.0 Å². The van der Waals surface area contributed by atoms with Crippen LogP contribution in [-0.2, 0) is 4.79 Å². The zero-order valence-corrected chi connectivity index (χ0v) is 11.6. The van der Waals surface area contributed by atoms with Crippen LogP contribution in [0.2, 0.25) is 0 Å². The molecule has 2 amide bonds. The quantitative estimate of drug-likeness (QED) is 0.802. The molecule has 1 saturated heterocycles. The highest BCUT2D eigenvalue weighted by molar-refractivity contribution is 5.74. The van der Waals surface area contributed by atoms with E-state index in [9.17, 15) is 9.59 Å². The number of piperidine rings is 1. The van der Waals surface area contributed by atoms with Gasteiger partial charge in [-0.2, -0.15) is 0 Å². The van der Waals surface area contributed by atoms with Gasteiger partial charge in [-0.1, -0.05) is 0 Å². The fraction of sp³-hybridized carbons (Fsp3) is 0.857. The van der Waals surface area contributed by atoms with Crippen molar-refractivity contribution in [1.29, 1.82) is 0 Å². The van der Waals surface area contributed by atoms with E-state index in [-0.39, 0.29) is 18.5 Å². The molecule has 5 nitrogen and oxygen atoms in total. The van der Waals surface area contributed by atoms with E-state index in [1.807, 2.05) is 4.90 Å². The van der Waals surface area contributed by atoms with Crippen LogP contribution in [0.4, 0.5) is 4.79 Å². The summed E-state index contributed by atoms with van der Waals surface area (Å²) in [6.07, 6.45) is 5.31. The molecule has 5 heteroatoms. The van der Waals surface area contributed by atoms with Crippen molar-refractivity contribution in [2.24, 2.45) is 11.8 Å². The van der Waals surface area contributed by atoms with Gasteiger partial charge in [0, 0.05) is 25.6 Å². The molecule has 2 fully saturated rings. The minimum absolute atomic E-state index is 0.0519. The SMILES string of the molecule is CC(NC(=O)N1CCC(CCC(=O)O)CC1)C1CC1. The summed E-state index contributed by atoms with van der Waals surface area (Å²) in [5.74, 6) is 0.413. The molecular formula is C14H24N2O3. The van der Waals surface area contributed by atoms with E-state index in [1.165, 1.54) is 12.8 Å². The topological polar surface area (TPSA) is 69.6 Å². The minimum atomic E-state index is -0.724. The van der Waals surface area contributed by atoms with Gasteiger partial charge in [-0.05, 0) is 50.9 Å². The Hall–Kier alpha value is -1.26. The predicted octanol–water partition coefficient (Wildman–Crippen LogP) is 2.07. The molecule has 1 heterocycles. The van der Waals surface area contributed by atoms with Gasteiger partial charge in [-0.3, -0.25) is 4.79 Å². The van der Waals surface area contributed by atoms with E-state index in [4.69, 9.17) is 5.11 Å². The third-order valence-corrected chi connectivity index (χ3v) is 4.35. The summed E-state index contributed by atoms with van der Waals surface area (Å²) in [5.41, 5.74) is 0. The summed E-state index contributed by atoms with van der Waals surface area (Å²) in [7, 11) is 0. The molecule has 0 aromatic carbocycles. The van der Waals surface area contributed by atoms with Crippen LogP contribution in [0, 0.1) is 11.8 Å². The largest absolute Gasteiger partial charge is 0.481 e. The van der Waals surface area contributed by atoms with Crippen molar-refractivity contribution in [2.45, 2.75) is 51.5 Å². The molecule has 19 heavy (non-hydrogen) atoms. The number of carboxylic acids is 1. The molecule has 1 unspecified atom stereocenters. The van der Waals surface area contributed by atoms with Crippen molar-refractivity contribution in [3.8, 4) is 0 Å². The summed E-state index contributed by atoms with van der Waals surface area (Å²) < 4.78 is 0. The molecule has 2 aliphatic rings. The lowest BCUT2D eigenvalue weighted by atomic mass is 9.92. The number of nitrogens with one attached hydrogen (secondary N) is 1. The second-order valence-electron chi connectivity index (χ2n) is 5.94. The lowest BCUT2D eigenvalue weighted by Crippen LogP contribution is -2.47. The Labute approximate surface area is 114 Å². The third-order valence-electron chi connectivity index (χ3n) is 4.35. The summed E-state index contributed by atoms with van der Waals surface area (Å²) in [6.45, 7) is 3.59. The first-order valence-electron chi connectivity index (χ1n) is 7.33. The number of nitrogens with zero attached hydrogens (tertiary/aromatic N) is 1. The van der Waals surface area contributed by atoms with Gasteiger partial charge in [0.15, 0.2) is 0 Å². The molecule has 0 bridgehead atoms. The second-order valence-corrected chi connectivity index (χ2v) is 5.94. The predicted molar refractivity (Wildman–Crippen MR) is 71.9 cm³/mol. The number of hydrogen-bond acceptors (Lipinski definition) is 2.